The zero-order valence-electron chi connectivity index (χ0n) is 27.9. The second-order valence-electron chi connectivity index (χ2n) is 12.2. The van der Waals surface area contributed by atoms with Crippen LogP contribution in [0.3, 0.4) is 0 Å². The number of nitrogens with zero attached hydrogens (tertiary/aromatic N) is 1. The van der Waals surface area contributed by atoms with Crippen LogP contribution in [-0.2, 0) is 9.53 Å². The molecule has 8 nitrogen and oxygen atoms in total. The highest BCUT2D eigenvalue weighted by molar-refractivity contribution is 6.30. The second kappa shape index (κ2) is 16.6. The highest BCUT2D eigenvalue weighted by Crippen LogP contribution is 2.41. The molecule has 0 spiro atoms. The number of benzene rings is 4. The van der Waals surface area contributed by atoms with Crippen LogP contribution in [0.2, 0.25) is 5.02 Å². The van der Waals surface area contributed by atoms with Gasteiger partial charge in [-0.2, -0.15) is 0 Å². The molecule has 4 N–H and O–H groups in total. The first-order valence-corrected chi connectivity index (χ1v) is 17.0. The van der Waals surface area contributed by atoms with Gasteiger partial charge in [-0.3, -0.25) is 9.59 Å². The molecule has 0 aromatic heterocycles. The molecule has 0 saturated heterocycles. The van der Waals surface area contributed by atoms with Crippen molar-refractivity contribution < 1.29 is 19.1 Å². The van der Waals surface area contributed by atoms with Crippen LogP contribution in [0.25, 0.3) is 11.1 Å². The van der Waals surface area contributed by atoms with Crippen molar-refractivity contribution in [1.29, 1.82) is 0 Å². The van der Waals surface area contributed by atoms with Crippen LogP contribution in [0.15, 0.2) is 91.0 Å². The third-order valence-corrected chi connectivity index (χ3v) is 8.87. The Balaban J connectivity index is 1.13. The van der Waals surface area contributed by atoms with Gasteiger partial charge in [0.15, 0.2) is 0 Å². The van der Waals surface area contributed by atoms with E-state index in [-0.39, 0.29) is 29.9 Å². The van der Waals surface area contributed by atoms with Crippen molar-refractivity contribution in [1.82, 2.24) is 5.32 Å². The van der Waals surface area contributed by atoms with Gasteiger partial charge in [0.25, 0.3) is 5.91 Å². The lowest BCUT2D eigenvalue weighted by atomic mass is 9.88. The van der Waals surface area contributed by atoms with Crippen LogP contribution in [0.4, 0.5) is 11.4 Å². The zero-order valence-corrected chi connectivity index (χ0v) is 28.6. The van der Waals surface area contributed by atoms with E-state index in [1.54, 1.807) is 6.92 Å². The zero-order chi connectivity index (χ0) is 34.0. The molecule has 4 aromatic rings. The molecular weight excluding hydrogens is 624 g/mol. The Morgan fingerprint density at radius 2 is 1.65 bits per heavy atom. The maximum Gasteiger partial charge on any atom is 0.251 e. The number of carbonyl (C=O) groups excluding carboxylic acids is 2. The van der Waals surface area contributed by atoms with Crippen LogP contribution in [-0.4, -0.2) is 44.2 Å². The maximum absolute atomic E-state index is 12.8. The van der Waals surface area contributed by atoms with Gasteiger partial charge in [0.1, 0.15) is 12.4 Å². The van der Waals surface area contributed by atoms with Gasteiger partial charge in [-0.05, 0) is 103 Å². The Hall–Kier alpha value is -4.37. The van der Waals surface area contributed by atoms with E-state index >= 15 is 0 Å². The Morgan fingerprint density at radius 1 is 0.938 bits per heavy atom. The number of hydrogen-bond acceptors (Lipinski definition) is 6. The summed E-state index contributed by atoms with van der Waals surface area (Å²) in [6.45, 7) is 7.42. The van der Waals surface area contributed by atoms with E-state index in [0.717, 1.165) is 58.6 Å². The molecule has 9 heteroatoms. The molecule has 1 aliphatic rings. The molecule has 0 fully saturated rings. The molecule has 0 saturated carbocycles. The molecule has 2 unspecified atom stereocenters. The number of fused-ring (bicyclic) bond motifs is 1. The number of nitrogens with one attached hydrogen (secondary N) is 2. The van der Waals surface area contributed by atoms with Crippen LogP contribution in [0.5, 0.6) is 5.75 Å². The number of halogens is 1. The minimum atomic E-state index is -0.161. The minimum Gasteiger partial charge on any atom is -0.491 e. The smallest absolute Gasteiger partial charge is 0.251 e. The van der Waals surface area contributed by atoms with Crippen molar-refractivity contribution in [2.75, 3.05) is 36.6 Å². The Kier molecular flexibility index (Phi) is 12.1. The van der Waals surface area contributed by atoms with E-state index in [9.17, 15) is 9.59 Å². The number of carbonyl (C=O) groups is 2. The molecule has 252 valence electrons. The molecule has 1 heterocycles. The minimum absolute atomic E-state index is 0.00637. The normalized spacial score (nSPS) is 16.1. The fraction of sp³-hybridized carbons (Fsp3) is 0.333. The monoisotopic (exact) mass is 668 g/mol. The van der Waals surface area contributed by atoms with Crippen LogP contribution in [0.1, 0.15) is 73.6 Å². The van der Waals surface area contributed by atoms with E-state index < -0.39 is 0 Å². The summed E-state index contributed by atoms with van der Waals surface area (Å²) < 4.78 is 11.4. The van der Waals surface area contributed by atoms with Crippen molar-refractivity contribution in [3.05, 3.63) is 113 Å². The first-order chi connectivity index (χ1) is 23.2. The van der Waals surface area contributed by atoms with Gasteiger partial charge in [-0.1, -0.05) is 55.3 Å². The Bertz CT molecular complexity index is 1660. The summed E-state index contributed by atoms with van der Waals surface area (Å²) in [5.41, 5.74) is 12.8. The summed E-state index contributed by atoms with van der Waals surface area (Å²) in [4.78, 5) is 27.3. The quantitative estimate of drug-likeness (QED) is 0.118. The fourth-order valence-corrected chi connectivity index (χ4v) is 6.30. The molecule has 2 amide bonds. The highest BCUT2D eigenvalue weighted by atomic mass is 35.5. The number of rotatable bonds is 14. The lowest BCUT2D eigenvalue weighted by Gasteiger charge is -2.39. The lowest BCUT2D eigenvalue weighted by Crippen LogP contribution is -2.43. The number of amides is 2. The number of anilines is 2. The van der Waals surface area contributed by atoms with Crippen LogP contribution < -0.4 is 26.0 Å². The lowest BCUT2D eigenvalue weighted by molar-refractivity contribution is -0.117. The van der Waals surface area contributed by atoms with Gasteiger partial charge < -0.3 is 30.7 Å². The summed E-state index contributed by atoms with van der Waals surface area (Å²) in [6.07, 6.45) is 2.77. The molecule has 3 atom stereocenters. The molecule has 4 aromatic carbocycles. The Morgan fingerprint density at radius 3 is 2.33 bits per heavy atom. The van der Waals surface area contributed by atoms with E-state index in [1.165, 1.54) is 0 Å². The number of hydrogen-bond donors (Lipinski definition) is 3. The van der Waals surface area contributed by atoms with Gasteiger partial charge in [-0.25, -0.2) is 0 Å². The number of nitrogens with two attached hydrogens (primary N) is 1. The Labute approximate surface area is 288 Å². The molecular formula is C39H45ClN4O4. The predicted molar refractivity (Wildman–Crippen MR) is 194 cm³/mol. The maximum atomic E-state index is 12.8. The third kappa shape index (κ3) is 8.95. The number of ether oxygens (including phenoxy) is 2. The summed E-state index contributed by atoms with van der Waals surface area (Å²) in [5, 5.41) is 7.24. The second-order valence-corrected chi connectivity index (χ2v) is 12.6. The molecule has 0 radical (unpaired) electrons. The van der Waals surface area contributed by atoms with Gasteiger partial charge in [-0.15, -0.1) is 0 Å². The SMILES string of the molecule is CCCC(N)c1ccc(OCCOCCNC(=O)c2ccc(-c3ccc4c(c3)C(Nc3ccc(Cl)cc3)C[C@H](C)N4C(C)=O)cc2)cc1. The van der Waals surface area contributed by atoms with Gasteiger partial charge >= 0.3 is 0 Å². The summed E-state index contributed by atoms with van der Waals surface area (Å²) in [7, 11) is 0. The summed E-state index contributed by atoms with van der Waals surface area (Å²) in [5.74, 6) is 0.636. The highest BCUT2D eigenvalue weighted by Gasteiger charge is 2.32. The molecule has 1 aliphatic heterocycles. The van der Waals surface area contributed by atoms with Gasteiger partial charge in [0, 0.05) is 47.5 Å². The largest absolute Gasteiger partial charge is 0.491 e. The molecule has 5 rings (SSSR count). The molecule has 0 bridgehead atoms. The van der Waals surface area contributed by atoms with Crippen molar-refractivity contribution in [3.8, 4) is 16.9 Å². The van der Waals surface area contributed by atoms with Crippen molar-refractivity contribution in [2.45, 2.75) is 58.2 Å². The fourth-order valence-electron chi connectivity index (χ4n) is 6.17. The summed E-state index contributed by atoms with van der Waals surface area (Å²) >= 11 is 6.10. The van der Waals surface area contributed by atoms with Gasteiger partial charge in [0.2, 0.25) is 5.91 Å². The van der Waals surface area contributed by atoms with Crippen molar-refractivity contribution in [2.24, 2.45) is 5.73 Å². The third-order valence-electron chi connectivity index (χ3n) is 8.62. The average molecular weight is 669 g/mol. The van der Waals surface area contributed by atoms with Crippen LogP contribution >= 0.6 is 11.6 Å². The van der Waals surface area contributed by atoms with E-state index in [4.69, 9.17) is 26.8 Å². The predicted octanol–water partition coefficient (Wildman–Crippen LogP) is 7.93. The van der Waals surface area contributed by atoms with Crippen molar-refractivity contribution >= 4 is 34.8 Å². The van der Waals surface area contributed by atoms with Crippen molar-refractivity contribution in [3.63, 3.8) is 0 Å². The van der Waals surface area contributed by atoms with E-state index in [2.05, 4.69) is 30.5 Å². The molecule has 0 aliphatic carbocycles. The summed E-state index contributed by atoms with van der Waals surface area (Å²) in [6, 6.07) is 29.4. The average Bonchev–Trinajstić information content (AvgIpc) is 3.09. The first-order valence-electron chi connectivity index (χ1n) is 16.6. The first kappa shape index (κ1) is 35.0. The van der Waals surface area contributed by atoms with E-state index in [0.29, 0.717) is 37.0 Å². The molecule has 48 heavy (non-hydrogen) atoms. The van der Waals surface area contributed by atoms with Crippen LogP contribution in [0, 0.1) is 0 Å². The van der Waals surface area contributed by atoms with E-state index in [1.807, 2.05) is 89.8 Å². The standard InChI is InChI=1S/C39H45ClN4O4/c1-4-5-36(41)29-10-17-34(18-11-29)48-23-22-47-21-20-42-39(46)30-8-6-28(7-9-30)31-12-19-38-35(25-31)37(24-26(2)44(38)27(3)45)43-33-15-13-32(40)14-16-33/h6-19,25-26,36-37,43H,4-5,20-24,41H2,1-3H3,(H,42,46)/t26-,36?,37?/m0/s1. The topological polar surface area (TPSA) is 106 Å². The van der Waals surface area contributed by atoms with Gasteiger partial charge in [0.05, 0.1) is 19.3 Å².